The third-order valence-corrected chi connectivity index (χ3v) is 5.15. The number of sulfonamides is 1. The first kappa shape index (κ1) is 22.1. The Morgan fingerprint density at radius 1 is 1.00 bits per heavy atom. The van der Waals surface area contributed by atoms with Crippen LogP contribution in [0.4, 0.5) is 23.5 Å². The summed E-state index contributed by atoms with van der Waals surface area (Å²) >= 11 is 0. The van der Waals surface area contributed by atoms with Crippen LogP contribution in [0.5, 0.6) is 0 Å². The molecule has 8 nitrogen and oxygen atoms in total. The molecule has 0 saturated heterocycles. The van der Waals surface area contributed by atoms with Crippen LogP contribution in [-0.2, 0) is 19.7 Å². The van der Waals surface area contributed by atoms with Crippen molar-refractivity contribution >= 4 is 21.9 Å². The van der Waals surface area contributed by atoms with Gasteiger partial charge in [0.15, 0.2) is 0 Å². The molecule has 0 aliphatic heterocycles. The van der Waals surface area contributed by atoms with Crippen molar-refractivity contribution in [3.63, 3.8) is 0 Å². The maximum Gasteiger partial charge on any atom is 0.492 e. The van der Waals surface area contributed by atoms with Gasteiger partial charge < -0.3 is 10.6 Å². The van der Waals surface area contributed by atoms with E-state index in [4.69, 9.17) is 5.73 Å². The molecule has 3 N–H and O–H groups in total. The highest BCUT2D eigenvalue weighted by Crippen LogP contribution is 2.31. The van der Waals surface area contributed by atoms with Gasteiger partial charge in [-0.05, 0) is 22.6 Å². The molecule has 0 saturated carbocycles. The fraction of sp³-hybridized carbons (Fsp3) is 0.0556. The van der Waals surface area contributed by atoms with Crippen LogP contribution in [0.3, 0.4) is 0 Å². The summed E-state index contributed by atoms with van der Waals surface area (Å²) in [5, 5.41) is 0. The third-order valence-electron chi connectivity index (χ3n) is 3.92. The summed E-state index contributed by atoms with van der Waals surface area (Å²) in [5.41, 5.74) is 5.88. The molecule has 3 aromatic rings. The highest BCUT2D eigenvalue weighted by atomic mass is 32.2. The van der Waals surface area contributed by atoms with E-state index in [1.165, 1.54) is 42.7 Å². The molecule has 0 unspecified atom stereocenters. The summed E-state index contributed by atoms with van der Waals surface area (Å²) < 4.78 is 76.2. The standard InChI is InChI=1S/C18H12F4N4O4S/c19-14-7-10(5-6-12(14)11-8-24-17(23)25-9-11)13-3-1-2-4-15(13)31(28,29)26-30-16(27)18(20,21)22/h1-9,26H,(H2,23,24,25). The van der Waals surface area contributed by atoms with Gasteiger partial charge in [-0.3, -0.25) is 0 Å². The molecule has 0 amide bonds. The minimum atomic E-state index is -5.40. The lowest BCUT2D eigenvalue weighted by molar-refractivity contribution is -0.203. The SMILES string of the molecule is Nc1ncc(-c2ccc(-c3ccccc3S(=O)(=O)NOC(=O)C(F)(F)F)cc2F)cn1. The summed E-state index contributed by atoms with van der Waals surface area (Å²) in [6, 6.07) is 8.86. The molecular formula is C18H12F4N4O4S. The average molecular weight is 456 g/mol. The third kappa shape index (κ3) is 4.95. The van der Waals surface area contributed by atoms with Crippen LogP contribution in [0.1, 0.15) is 0 Å². The molecular weight excluding hydrogens is 444 g/mol. The van der Waals surface area contributed by atoms with Crippen molar-refractivity contribution in [2.24, 2.45) is 0 Å². The van der Waals surface area contributed by atoms with Crippen molar-refractivity contribution in [1.82, 2.24) is 14.9 Å². The fourth-order valence-electron chi connectivity index (χ4n) is 2.53. The van der Waals surface area contributed by atoms with Gasteiger partial charge in [-0.1, -0.05) is 30.3 Å². The molecule has 0 aliphatic carbocycles. The first-order chi connectivity index (χ1) is 14.5. The van der Waals surface area contributed by atoms with Gasteiger partial charge in [-0.25, -0.2) is 27.6 Å². The maximum absolute atomic E-state index is 14.7. The van der Waals surface area contributed by atoms with Crippen LogP contribution in [0.25, 0.3) is 22.3 Å². The van der Waals surface area contributed by atoms with Crippen LogP contribution < -0.4 is 10.6 Å². The number of nitrogens with one attached hydrogen (secondary N) is 1. The number of nitrogen functional groups attached to an aromatic ring is 1. The molecule has 0 bridgehead atoms. The van der Waals surface area contributed by atoms with E-state index in [9.17, 15) is 30.8 Å². The van der Waals surface area contributed by atoms with Gasteiger partial charge in [0.1, 0.15) is 5.82 Å². The normalized spacial score (nSPS) is 11.9. The van der Waals surface area contributed by atoms with Crippen LogP contribution in [-0.4, -0.2) is 30.5 Å². The summed E-state index contributed by atoms with van der Waals surface area (Å²) in [5.74, 6) is -3.48. The highest BCUT2D eigenvalue weighted by molar-refractivity contribution is 7.89. The molecule has 3 rings (SSSR count). The van der Waals surface area contributed by atoms with Gasteiger partial charge in [0.2, 0.25) is 5.95 Å². The molecule has 1 aromatic heterocycles. The lowest BCUT2D eigenvalue weighted by atomic mass is 10.0. The zero-order valence-corrected chi connectivity index (χ0v) is 16.0. The molecule has 0 aliphatic rings. The smallest absolute Gasteiger partial charge is 0.368 e. The lowest BCUT2D eigenvalue weighted by Crippen LogP contribution is -2.34. The number of nitrogens with zero attached hydrogens (tertiary/aromatic N) is 2. The average Bonchev–Trinajstić information content (AvgIpc) is 2.72. The predicted molar refractivity (Wildman–Crippen MR) is 99.7 cm³/mol. The molecule has 31 heavy (non-hydrogen) atoms. The Morgan fingerprint density at radius 2 is 1.65 bits per heavy atom. The van der Waals surface area contributed by atoms with Gasteiger partial charge >= 0.3 is 12.1 Å². The Balaban J connectivity index is 1.95. The number of hydrogen-bond donors (Lipinski definition) is 2. The van der Waals surface area contributed by atoms with Crippen molar-refractivity contribution in [2.45, 2.75) is 11.1 Å². The van der Waals surface area contributed by atoms with E-state index in [2.05, 4.69) is 14.8 Å². The summed E-state index contributed by atoms with van der Waals surface area (Å²) in [7, 11) is -4.72. The number of hydrogen-bond acceptors (Lipinski definition) is 7. The van der Waals surface area contributed by atoms with Crippen LogP contribution in [0.2, 0.25) is 0 Å². The Hall–Kier alpha value is -3.58. The van der Waals surface area contributed by atoms with E-state index in [0.29, 0.717) is 5.56 Å². The van der Waals surface area contributed by atoms with E-state index >= 15 is 0 Å². The van der Waals surface area contributed by atoms with E-state index in [0.717, 1.165) is 17.0 Å². The maximum atomic E-state index is 14.7. The van der Waals surface area contributed by atoms with E-state index in [-0.39, 0.29) is 22.6 Å². The first-order valence-corrected chi connectivity index (χ1v) is 9.74. The largest absolute Gasteiger partial charge is 0.492 e. The first-order valence-electron chi connectivity index (χ1n) is 8.25. The minimum absolute atomic E-state index is 0.00126. The molecule has 1 heterocycles. The molecule has 0 spiro atoms. The molecule has 0 fully saturated rings. The quantitative estimate of drug-likeness (QED) is 0.447. The zero-order valence-electron chi connectivity index (χ0n) is 15.2. The lowest BCUT2D eigenvalue weighted by Gasteiger charge is -2.13. The van der Waals surface area contributed by atoms with Gasteiger partial charge in [-0.2, -0.15) is 13.2 Å². The number of alkyl halides is 3. The summed E-state index contributed by atoms with van der Waals surface area (Å²) in [6.45, 7) is 0. The number of halogens is 4. The molecule has 13 heteroatoms. The van der Waals surface area contributed by atoms with Gasteiger partial charge in [0.25, 0.3) is 10.0 Å². The number of rotatable bonds is 5. The van der Waals surface area contributed by atoms with Crippen molar-refractivity contribution in [3.05, 3.63) is 60.7 Å². The van der Waals surface area contributed by atoms with E-state index < -0.39 is 32.9 Å². The highest BCUT2D eigenvalue weighted by Gasteiger charge is 2.42. The van der Waals surface area contributed by atoms with Crippen molar-refractivity contribution in [3.8, 4) is 22.3 Å². The number of carbonyl (C=O) groups excluding carboxylic acids is 1. The Bertz CT molecular complexity index is 1230. The number of nitrogens with two attached hydrogens (primary N) is 1. The molecule has 2 aromatic carbocycles. The minimum Gasteiger partial charge on any atom is -0.368 e. The Morgan fingerprint density at radius 3 is 2.26 bits per heavy atom. The number of carbonyl (C=O) groups is 1. The van der Waals surface area contributed by atoms with Crippen molar-refractivity contribution in [2.75, 3.05) is 5.73 Å². The Labute approximate surface area is 172 Å². The number of anilines is 1. The van der Waals surface area contributed by atoms with Crippen molar-refractivity contribution in [1.29, 1.82) is 0 Å². The second kappa shape index (κ2) is 8.28. The topological polar surface area (TPSA) is 124 Å². The van der Waals surface area contributed by atoms with Gasteiger partial charge in [0, 0.05) is 29.1 Å². The van der Waals surface area contributed by atoms with Gasteiger partial charge in [-0.15, -0.1) is 0 Å². The second-order valence-electron chi connectivity index (χ2n) is 5.99. The second-order valence-corrected chi connectivity index (χ2v) is 7.61. The Kier molecular flexibility index (Phi) is 5.90. The molecule has 0 atom stereocenters. The summed E-state index contributed by atoms with van der Waals surface area (Å²) in [4.78, 5) is 22.5. The van der Waals surface area contributed by atoms with E-state index in [1.54, 1.807) is 0 Å². The van der Waals surface area contributed by atoms with Crippen LogP contribution >= 0.6 is 0 Å². The molecule has 0 radical (unpaired) electrons. The predicted octanol–water partition coefficient (Wildman–Crippen LogP) is 2.83. The summed E-state index contributed by atoms with van der Waals surface area (Å²) in [6.07, 6.45) is -2.79. The number of benzene rings is 2. The van der Waals surface area contributed by atoms with Crippen LogP contribution in [0, 0.1) is 5.82 Å². The van der Waals surface area contributed by atoms with Gasteiger partial charge in [0.05, 0.1) is 4.90 Å². The number of aromatic nitrogens is 2. The molecule has 162 valence electrons. The monoisotopic (exact) mass is 456 g/mol. The zero-order chi connectivity index (χ0) is 22.8. The fourth-order valence-corrected chi connectivity index (χ4v) is 3.54. The van der Waals surface area contributed by atoms with E-state index in [1.807, 2.05) is 0 Å². The van der Waals surface area contributed by atoms with Crippen molar-refractivity contribution < 1.29 is 35.6 Å². The van der Waals surface area contributed by atoms with Crippen LogP contribution in [0.15, 0.2) is 59.8 Å².